The number of ether oxygens (including phenoxy) is 4. The molecule has 12 nitrogen and oxygen atoms in total. The molecule has 2 aromatic rings. The number of aromatic hydroxyl groups is 2. The molecule has 0 bridgehead atoms. The van der Waals surface area contributed by atoms with Gasteiger partial charge in [0.1, 0.15) is 23.7 Å². The van der Waals surface area contributed by atoms with Crippen molar-refractivity contribution in [1.29, 1.82) is 0 Å². The largest absolute Gasteiger partial charge is 0.508 e. The van der Waals surface area contributed by atoms with Crippen molar-refractivity contribution in [2.75, 3.05) is 45.3 Å². The van der Waals surface area contributed by atoms with Gasteiger partial charge in [-0.2, -0.15) is 0 Å². The first-order valence-electron chi connectivity index (χ1n) is 16.1. The number of aryl methyl sites for hydroxylation is 1. The van der Waals surface area contributed by atoms with Crippen molar-refractivity contribution in [1.82, 2.24) is 5.32 Å². The van der Waals surface area contributed by atoms with Crippen molar-refractivity contribution >= 4 is 23.5 Å². The predicted octanol–water partition coefficient (Wildman–Crippen LogP) is 3.17. The van der Waals surface area contributed by atoms with Crippen LogP contribution in [-0.2, 0) is 30.2 Å². The number of rotatable bonds is 14. The molecule has 5 unspecified atom stereocenters. The Morgan fingerprint density at radius 2 is 1.80 bits per heavy atom. The minimum absolute atomic E-state index is 0.0730. The number of phenolic OH excluding ortho intramolecular Hbond substituents is 1. The summed E-state index contributed by atoms with van der Waals surface area (Å²) in [4.78, 5) is 36.0. The van der Waals surface area contributed by atoms with Crippen LogP contribution in [0.1, 0.15) is 72.9 Å². The van der Waals surface area contributed by atoms with Crippen molar-refractivity contribution in [3.63, 3.8) is 0 Å². The van der Waals surface area contributed by atoms with Crippen LogP contribution >= 0.6 is 0 Å². The number of nitrogens with one attached hydrogen (secondary N) is 1. The van der Waals surface area contributed by atoms with Gasteiger partial charge in [0.05, 0.1) is 38.2 Å². The molecule has 2 fully saturated rings. The number of phenols is 2. The summed E-state index contributed by atoms with van der Waals surface area (Å²) < 4.78 is 22.1. The zero-order chi connectivity index (χ0) is 32.8. The molecule has 46 heavy (non-hydrogen) atoms. The maximum atomic E-state index is 12.4. The highest BCUT2D eigenvalue weighted by molar-refractivity contribution is 6.00. The summed E-state index contributed by atoms with van der Waals surface area (Å²) in [5.41, 5.74) is 13.2. The lowest BCUT2D eigenvalue weighted by molar-refractivity contribution is -0.140. The second-order valence-corrected chi connectivity index (χ2v) is 12.8. The summed E-state index contributed by atoms with van der Waals surface area (Å²) >= 11 is 0. The standard InChI is InChI=1S/C34H45N3O9/c1-34-12-10-23-22-5-3-21(38)18-20(22)2-4-24(23)25(34)6-9-28(34)45-14-11-29(39)37-13-15-43-16-17-44-19-30(40)46-27-8-7-26(35)32(41)31(27)33(36)42/h3,5,7-8,18,23-25,28,38,41H,2,4,6,9-17,19,35H2,1H3,(H2,36,42)(H,37,39). The van der Waals surface area contributed by atoms with Crippen LogP contribution in [0.4, 0.5) is 5.69 Å². The summed E-state index contributed by atoms with van der Waals surface area (Å²) in [6.07, 6.45) is 7.07. The molecule has 2 aromatic carbocycles. The van der Waals surface area contributed by atoms with E-state index in [0.717, 1.165) is 38.5 Å². The lowest BCUT2D eigenvalue weighted by atomic mass is 9.55. The summed E-state index contributed by atoms with van der Waals surface area (Å²) in [5, 5.41) is 22.7. The third-order valence-corrected chi connectivity index (χ3v) is 10.1. The van der Waals surface area contributed by atoms with Gasteiger partial charge in [0.2, 0.25) is 5.91 Å². The first-order valence-corrected chi connectivity index (χ1v) is 16.1. The van der Waals surface area contributed by atoms with E-state index < -0.39 is 24.2 Å². The van der Waals surface area contributed by atoms with Gasteiger partial charge < -0.3 is 45.9 Å². The molecule has 0 aliphatic heterocycles. The first kappa shape index (κ1) is 33.5. The number of carbonyl (C=O) groups excluding carboxylic acids is 3. The van der Waals surface area contributed by atoms with Crippen molar-refractivity contribution in [3.05, 3.63) is 47.0 Å². The zero-order valence-electron chi connectivity index (χ0n) is 26.3. The van der Waals surface area contributed by atoms with Gasteiger partial charge >= 0.3 is 5.97 Å². The molecule has 2 saturated carbocycles. The SMILES string of the molecule is CC12CCC3c4ccc(O)cc4CCC3C1CCC2OCCC(=O)NCCOCCOCC(=O)Oc1ccc(N)c(O)c1C(N)=O. The van der Waals surface area contributed by atoms with E-state index in [2.05, 4.69) is 18.3 Å². The number of nitrogen functional groups attached to an aromatic ring is 1. The number of fused-ring (bicyclic) bond motifs is 5. The minimum Gasteiger partial charge on any atom is -0.508 e. The predicted molar refractivity (Wildman–Crippen MR) is 168 cm³/mol. The lowest BCUT2D eigenvalue weighted by Crippen LogP contribution is -2.45. The van der Waals surface area contributed by atoms with Crippen LogP contribution in [0.15, 0.2) is 30.3 Å². The molecule has 5 rings (SSSR count). The summed E-state index contributed by atoms with van der Waals surface area (Å²) in [6.45, 7) is 3.27. The van der Waals surface area contributed by atoms with Gasteiger partial charge in [-0.1, -0.05) is 13.0 Å². The van der Waals surface area contributed by atoms with Crippen molar-refractivity contribution in [3.8, 4) is 17.2 Å². The Bertz CT molecular complexity index is 1430. The van der Waals surface area contributed by atoms with Crippen molar-refractivity contribution in [2.24, 2.45) is 23.0 Å². The molecule has 0 saturated heterocycles. The van der Waals surface area contributed by atoms with Gasteiger partial charge in [-0.05, 0) is 97.1 Å². The molecule has 2 amide bonds. The smallest absolute Gasteiger partial charge is 0.337 e. The maximum absolute atomic E-state index is 12.4. The van der Waals surface area contributed by atoms with E-state index in [4.69, 9.17) is 30.4 Å². The van der Waals surface area contributed by atoms with E-state index in [0.29, 0.717) is 36.7 Å². The minimum atomic E-state index is -0.990. The topological polar surface area (TPSA) is 193 Å². The van der Waals surface area contributed by atoms with Crippen LogP contribution in [0.5, 0.6) is 17.2 Å². The average Bonchev–Trinajstić information content (AvgIpc) is 3.36. The van der Waals surface area contributed by atoms with Gasteiger partial charge in [0.25, 0.3) is 5.91 Å². The molecule has 12 heteroatoms. The number of hydrogen-bond acceptors (Lipinski definition) is 10. The van der Waals surface area contributed by atoms with Gasteiger partial charge in [0.15, 0.2) is 5.75 Å². The molecule has 3 aliphatic carbocycles. The molecule has 0 heterocycles. The molecule has 7 N–H and O–H groups in total. The number of primary amides is 1. The Balaban J connectivity index is 0.929. The lowest BCUT2D eigenvalue weighted by Gasteiger charge is -2.50. The number of benzene rings is 2. The highest BCUT2D eigenvalue weighted by Crippen LogP contribution is 2.61. The van der Waals surface area contributed by atoms with Gasteiger partial charge in [-0.25, -0.2) is 4.79 Å². The fraction of sp³-hybridized carbons (Fsp3) is 0.559. The van der Waals surface area contributed by atoms with Crippen LogP contribution < -0.4 is 21.5 Å². The summed E-state index contributed by atoms with van der Waals surface area (Å²) in [6, 6.07) is 8.44. The van der Waals surface area contributed by atoms with Crippen molar-refractivity contribution in [2.45, 2.75) is 63.9 Å². The molecule has 0 spiro atoms. The number of nitrogens with two attached hydrogens (primary N) is 2. The van der Waals surface area contributed by atoms with Crippen LogP contribution in [0.2, 0.25) is 0 Å². The van der Waals surface area contributed by atoms with Gasteiger partial charge in [0, 0.05) is 13.0 Å². The Kier molecular flexibility index (Phi) is 10.7. The van der Waals surface area contributed by atoms with Crippen LogP contribution in [-0.4, -0.2) is 73.7 Å². The molecule has 250 valence electrons. The Morgan fingerprint density at radius 1 is 1.00 bits per heavy atom. The van der Waals surface area contributed by atoms with Crippen molar-refractivity contribution < 1.29 is 43.5 Å². The summed E-state index contributed by atoms with van der Waals surface area (Å²) in [5.74, 6) is -0.467. The van der Waals surface area contributed by atoms with E-state index in [1.165, 1.54) is 23.3 Å². The Hall–Kier alpha value is -3.87. The summed E-state index contributed by atoms with van der Waals surface area (Å²) in [7, 11) is 0. The highest BCUT2D eigenvalue weighted by atomic mass is 16.6. The Labute approximate surface area is 268 Å². The number of anilines is 1. The number of amides is 2. The molecule has 0 aromatic heterocycles. The highest BCUT2D eigenvalue weighted by Gasteiger charge is 2.55. The van der Waals surface area contributed by atoms with Crippen LogP contribution in [0.25, 0.3) is 0 Å². The third kappa shape index (κ3) is 7.40. The fourth-order valence-corrected chi connectivity index (χ4v) is 7.88. The maximum Gasteiger partial charge on any atom is 0.337 e. The molecule has 5 atom stereocenters. The van der Waals surface area contributed by atoms with Gasteiger partial charge in [-0.3, -0.25) is 9.59 Å². The molecular formula is C34H45N3O9. The van der Waals surface area contributed by atoms with Crippen LogP contribution in [0.3, 0.4) is 0 Å². The number of esters is 1. The van der Waals surface area contributed by atoms with Crippen LogP contribution in [0, 0.1) is 17.3 Å². The third-order valence-electron chi connectivity index (χ3n) is 10.1. The quantitative estimate of drug-likeness (QED) is 0.0674. The number of hydrogen-bond donors (Lipinski definition) is 5. The Morgan fingerprint density at radius 3 is 2.61 bits per heavy atom. The second kappa shape index (κ2) is 14.7. The average molecular weight is 640 g/mol. The second-order valence-electron chi connectivity index (χ2n) is 12.8. The van der Waals surface area contributed by atoms with Gasteiger partial charge in [-0.15, -0.1) is 0 Å². The zero-order valence-corrected chi connectivity index (χ0v) is 26.3. The monoisotopic (exact) mass is 639 g/mol. The van der Waals surface area contributed by atoms with E-state index >= 15 is 0 Å². The fourth-order valence-electron chi connectivity index (χ4n) is 7.88. The van der Waals surface area contributed by atoms with E-state index in [-0.39, 0.29) is 60.7 Å². The van der Waals surface area contributed by atoms with E-state index in [1.807, 2.05) is 12.1 Å². The van der Waals surface area contributed by atoms with E-state index in [1.54, 1.807) is 0 Å². The molecule has 0 radical (unpaired) electrons. The van der Waals surface area contributed by atoms with E-state index in [9.17, 15) is 24.6 Å². The molecule has 3 aliphatic rings. The normalized spacial score (nSPS) is 24.8. The number of carbonyl (C=O) groups is 3. The molecular weight excluding hydrogens is 594 g/mol. The first-order chi connectivity index (χ1) is 22.1.